The van der Waals surface area contributed by atoms with Crippen LogP contribution in [0.5, 0.6) is 0 Å². The van der Waals surface area contributed by atoms with Gasteiger partial charge in [-0.05, 0) is 25.5 Å². The van der Waals surface area contributed by atoms with E-state index in [1.165, 1.54) is 0 Å². The van der Waals surface area contributed by atoms with Crippen LogP contribution >= 0.6 is 11.6 Å². The molecule has 0 amide bonds. The summed E-state index contributed by atoms with van der Waals surface area (Å²) in [5.41, 5.74) is 1.46. The van der Waals surface area contributed by atoms with Crippen molar-refractivity contribution in [2.24, 2.45) is 0 Å². The third-order valence-corrected chi connectivity index (χ3v) is 2.60. The lowest BCUT2D eigenvalue weighted by atomic mass is 10.0. The number of rotatable bonds is 4. The molecule has 0 aliphatic heterocycles. The lowest BCUT2D eigenvalue weighted by Crippen LogP contribution is -2.11. The van der Waals surface area contributed by atoms with Gasteiger partial charge in [-0.15, -0.1) is 0 Å². The average Bonchev–Trinajstić information content (AvgIpc) is 2.17. The summed E-state index contributed by atoms with van der Waals surface area (Å²) in [5, 5.41) is 10.4. The van der Waals surface area contributed by atoms with Crippen LogP contribution in [0.2, 0.25) is 5.02 Å². The second-order valence-corrected chi connectivity index (χ2v) is 3.90. The molecule has 3 nitrogen and oxygen atoms in total. The number of aryl methyl sites for hydroxylation is 1. The molecule has 0 radical (unpaired) electrons. The molecular weight excluding hydrogens is 228 g/mol. The maximum absolute atomic E-state index is 11.2. The highest BCUT2D eigenvalue weighted by atomic mass is 35.5. The van der Waals surface area contributed by atoms with Crippen molar-refractivity contribution in [3.8, 4) is 0 Å². The number of ether oxygens (including phenoxy) is 1. The van der Waals surface area contributed by atoms with Crippen LogP contribution in [0.3, 0.4) is 0 Å². The smallest absolute Gasteiger partial charge is 0.308 e. The third kappa shape index (κ3) is 3.22. The zero-order valence-electron chi connectivity index (χ0n) is 9.37. The standard InChI is InChI=1S/C12H15ClO3/c1-3-16-11(15)7-10(14)12-8(2)5-4-6-9(12)13/h4-6,10,14H,3,7H2,1-2H3. The van der Waals surface area contributed by atoms with Crippen molar-refractivity contribution >= 4 is 17.6 Å². The van der Waals surface area contributed by atoms with E-state index in [0.717, 1.165) is 5.56 Å². The zero-order valence-corrected chi connectivity index (χ0v) is 10.1. The van der Waals surface area contributed by atoms with Crippen LogP contribution < -0.4 is 0 Å². The number of esters is 1. The number of benzene rings is 1. The maximum atomic E-state index is 11.2. The Morgan fingerprint density at radius 2 is 2.25 bits per heavy atom. The number of carbonyl (C=O) groups excluding carboxylic acids is 1. The SMILES string of the molecule is CCOC(=O)CC(O)c1c(C)cccc1Cl. The van der Waals surface area contributed by atoms with Gasteiger partial charge in [-0.1, -0.05) is 23.7 Å². The molecule has 1 rings (SSSR count). The molecule has 1 N–H and O–H groups in total. The van der Waals surface area contributed by atoms with Crippen molar-refractivity contribution in [1.82, 2.24) is 0 Å². The summed E-state index contributed by atoms with van der Waals surface area (Å²) in [7, 11) is 0. The maximum Gasteiger partial charge on any atom is 0.308 e. The van der Waals surface area contributed by atoms with Gasteiger partial charge in [0.1, 0.15) is 0 Å². The van der Waals surface area contributed by atoms with Gasteiger partial charge in [0.2, 0.25) is 0 Å². The normalized spacial score (nSPS) is 12.2. The van der Waals surface area contributed by atoms with Crippen LogP contribution in [0.25, 0.3) is 0 Å². The predicted octanol–water partition coefficient (Wildman–Crippen LogP) is 2.64. The van der Waals surface area contributed by atoms with Gasteiger partial charge in [0.05, 0.1) is 19.1 Å². The molecule has 0 saturated heterocycles. The number of aliphatic hydroxyl groups is 1. The van der Waals surface area contributed by atoms with E-state index in [1.807, 2.05) is 13.0 Å². The van der Waals surface area contributed by atoms with Crippen LogP contribution in [0.1, 0.15) is 30.6 Å². The first kappa shape index (κ1) is 13.0. The highest BCUT2D eigenvalue weighted by Crippen LogP contribution is 2.28. The van der Waals surface area contributed by atoms with E-state index >= 15 is 0 Å². The van der Waals surface area contributed by atoms with Crippen molar-refractivity contribution < 1.29 is 14.6 Å². The summed E-state index contributed by atoms with van der Waals surface area (Å²) < 4.78 is 4.77. The minimum atomic E-state index is -0.909. The predicted molar refractivity (Wildman–Crippen MR) is 62.4 cm³/mol. The molecule has 0 bridgehead atoms. The summed E-state index contributed by atoms with van der Waals surface area (Å²) in [6.07, 6.45) is -0.981. The first-order valence-electron chi connectivity index (χ1n) is 5.15. The largest absolute Gasteiger partial charge is 0.466 e. The molecule has 0 saturated carbocycles. The van der Waals surface area contributed by atoms with E-state index in [2.05, 4.69) is 0 Å². The lowest BCUT2D eigenvalue weighted by Gasteiger charge is -2.14. The number of aliphatic hydroxyl groups excluding tert-OH is 1. The van der Waals surface area contributed by atoms with Gasteiger partial charge in [-0.25, -0.2) is 0 Å². The van der Waals surface area contributed by atoms with Crippen molar-refractivity contribution in [2.75, 3.05) is 6.61 Å². The van der Waals surface area contributed by atoms with Crippen LogP contribution in [-0.4, -0.2) is 17.7 Å². The highest BCUT2D eigenvalue weighted by molar-refractivity contribution is 6.31. The molecule has 1 aromatic carbocycles. The van der Waals surface area contributed by atoms with E-state index in [0.29, 0.717) is 17.2 Å². The second-order valence-electron chi connectivity index (χ2n) is 3.50. The zero-order chi connectivity index (χ0) is 12.1. The number of halogens is 1. The summed E-state index contributed by atoms with van der Waals surface area (Å²) >= 11 is 5.97. The Bertz CT molecular complexity index is 356. The van der Waals surface area contributed by atoms with Crippen molar-refractivity contribution in [1.29, 1.82) is 0 Å². The number of carbonyl (C=O) groups is 1. The molecule has 0 spiro atoms. The quantitative estimate of drug-likeness (QED) is 0.826. The van der Waals surface area contributed by atoms with Gasteiger partial charge in [0.25, 0.3) is 0 Å². The summed E-state index contributed by atoms with van der Waals surface area (Å²) in [6, 6.07) is 5.34. The Balaban J connectivity index is 2.80. The first-order chi connectivity index (χ1) is 7.56. The Hall–Kier alpha value is -1.06. The minimum absolute atomic E-state index is 0.0710. The van der Waals surface area contributed by atoms with Gasteiger partial charge in [0, 0.05) is 10.6 Å². The average molecular weight is 243 g/mol. The molecular formula is C12H15ClO3. The fourth-order valence-corrected chi connectivity index (χ4v) is 1.89. The van der Waals surface area contributed by atoms with E-state index in [1.54, 1.807) is 19.1 Å². The van der Waals surface area contributed by atoms with Gasteiger partial charge in [0.15, 0.2) is 0 Å². The molecule has 1 atom stereocenters. The summed E-state index contributed by atoms with van der Waals surface area (Å²) in [4.78, 5) is 11.2. The molecule has 1 unspecified atom stereocenters. The fraction of sp³-hybridized carbons (Fsp3) is 0.417. The van der Waals surface area contributed by atoms with E-state index in [9.17, 15) is 9.90 Å². The Kier molecular flexibility index (Phi) is 4.77. The number of hydrogen-bond acceptors (Lipinski definition) is 3. The Labute approximate surface area is 100.0 Å². The summed E-state index contributed by atoms with van der Waals surface area (Å²) in [5.74, 6) is -0.422. The van der Waals surface area contributed by atoms with Crippen LogP contribution in [0.4, 0.5) is 0 Å². The molecule has 88 valence electrons. The number of hydrogen-bond donors (Lipinski definition) is 1. The van der Waals surface area contributed by atoms with Crippen LogP contribution in [-0.2, 0) is 9.53 Å². The Morgan fingerprint density at radius 1 is 1.56 bits per heavy atom. The van der Waals surface area contributed by atoms with E-state index < -0.39 is 12.1 Å². The van der Waals surface area contributed by atoms with Crippen molar-refractivity contribution in [3.63, 3.8) is 0 Å². The molecule has 0 aliphatic rings. The van der Waals surface area contributed by atoms with Crippen LogP contribution in [0, 0.1) is 6.92 Å². The van der Waals surface area contributed by atoms with Gasteiger partial charge in [-0.3, -0.25) is 4.79 Å². The van der Waals surface area contributed by atoms with E-state index in [-0.39, 0.29) is 6.42 Å². The van der Waals surface area contributed by atoms with E-state index in [4.69, 9.17) is 16.3 Å². The summed E-state index contributed by atoms with van der Waals surface area (Å²) in [6.45, 7) is 3.88. The molecule has 0 fully saturated rings. The fourth-order valence-electron chi connectivity index (χ4n) is 1.55. The molecule has 4 heteroatoms. The first-order valence-corrected chi connectivity index (χ1v) is 5.52. The van der Waals surface area contributed by atoms with Crippen molar-refractivity contribution in [2.45, 2.75) is 26.4 Å². The molecule has 0 aliphatic carbocycles. The topological polar surface area (TPSA) is 46.5 Å². The highest BCUT2D eigenvalue weighted by Gasteiger charge is 2.18. The lowest BCUT2D eigenvalue weighted by molar-refractivity contribution is -0.145. The molecule has 0 heterocycles. The van der Waals surface area contributed by atoms with Crippen LogP contribution in [0.15, 0.2) is 18.2 Å². The second kappa shape index (κ2) is 5.87. The molecule has 0 aromatic heterocycles. The third-order valence-electron chi connectivity index (χ3n) is 2.27. The molecule has 16 heavy (non-hydrogen) atoms. The van der Waals surface area contributed by atoms with Gasteiger partial charge < -0.3 is 9.84 Å². The Morgan fingerprint density at radius 3 is 2.81 bits per heavy atom. The minimum Gasteiger partial charge on any atom is -0.466 e. The molecule has 1 aromatic rings. The van der Waals surface area contributed by atoms with Gasteiger partial charge in [-0.2, -0.15) is 0 Å². The monoisotopic (exact) mass is 242 g/mol. The van der Waals surface area contributed by atoms with Gasteiger partial charge >= 0.3 is 5.97 Å². The van der Waals surface area contributed by atoms with Crippen molar-refractivity contribution in [3.05, 3.63) is 34.3 Å².